The molecule has 0 bridgehead atoms. The van der Waals surface area contributed by atoms with E-state index in [0.717, 1.165) is 0 Å². The Hall–Kier alpha value is -1.33. The van der Waals surface area contributed by atoms with Gasteiger partial charge >= 0.3 is 0 Å². The predicted octanol–water partition coefficient (Wildman–Crippen LogP) is -12.1. The van der Waals surface area contributed by atoms with Gasteiger partial charge in [-0.3, -0.25) is 0 Å². The van der Waals surface area contributed by atoms with Crippen LogP contribution >= 0.6 is 0 Å². The normalized spacial score (nSPS) is 47.2. The molecule has 24 atom stereocenters. The third kappa shape index (κ3) is 10.5. The topological polar surface area (TPSA) is 435 Å². The van der Waals surface area contributed by atoms with E-state index in [2.05, 4.69) is 0 Å². The van der Waals surface area contributed by atoms with E-state index < -0.39 is 180 Å². The van der Waals surface area contributed by atoms with Gasteiger partial charge in [0.25, 0.3) is 0 Å². The zero-order chi connectivity index (χ0) is 41.8. The number of carbonyl (C=O) groups is 1. The monoisotopic (exact) mass is 828 g/mol. The van der Waals surface area contributed by atoms with Gasteiger partial charge in [-0.1, -0.05) is 0 Å². The van der Waals surface area contributed by atoms with E-state index in [1.807, 2.05) is 0 Å². The number of carbonyl (C=O) groups excluding carboxylic acids is 1. The molecular formula is C30H52O26. The lowest BCUT2D eigenvalue weighted by Gasteiger charge is -2.44. The van der Waals surface area contributed by atoms with Crippen molar-refractivity contribution in [2.75, 3.05) is 33.0 Å². The lowest BCUT2D eigenvalue weighted by Crippen LogP contribution is -2.63. The van der Waals surface area contributed by atoms with Crippen LogP contribution in [0.15, 0.2) is 0 Å². The summed E-state index contributed by atoms with van der Waals surface area (Å²) in [6, 6.07) is 0. The van der Waals surface area contributed by atoms with Crippen molar-refractivity contribution in [3.05, 3.63) is 0 Å². The second kappa shape index (κ2) is 20.8. The summed E-state index contributed by atoms with van der Waals surface area (Å²) in [5, 5.41) is 173. The number of aldehydes is 1. The first-order valence-electron chi connectivity index (χ1n) is 17.4. The van der Waals surface area contributed by atoms with Crippen molar-refractivity contribution in [1.29, 1.82) is 0 Å². The molecule has 4 rings (SSSR count). The number of ether oxygens (including phenoxy) is 8. The van der Waals surface area contributed by atoms with Crippen LogP contribution in [0, 0.1) is 0 Å². The second-order valence-electron chi connectivity index (χ2n) is 13.7. The Morgan fingerprint density at radius 2 is 0.786 bits per heavy atom. The number of aliphatic hydroxyl groups is 17. The molecule has 328 valence electrons. The van der Waals surface area contributed by atoms with Gasteiger partial charge in [0.15, 0.2) is 31.4 Å². The second-order valence-corrected chi connectivity index (χ2v) is 13.7. The van der Waals surface area contributed by atoms with Gasteiger partial charge in [-0.2, -0.15) is 0 Å². The fourth-order valence-corrected chi connectivity index (χ4v) is 6.26. The van der Waals surface area contributed by atoms with Gasteiger partial charge in [0, 0.05) is 0 Å². The van der Waals surface area contributed by atoms with E-state index in [4.69, 9.17) is 37.9 Å². The Kier molecular flexibility index (Phi) is 17.6. The largest absolute Gasteiger partial charge is 0.394 e. The lowest BCUT2D eigenvalue weighted by molar-refractivity contribution is -0.352. The average molecular weight is 829 g/mol. The Morgan fingerprint density at radius 1 is 0.464 bits per heavy atom. The molecule has 17 N–H and O–H groups in total. The van der Waals surface area contributed by atoms with Gasteiger partial charge in [-0.05, 0) is 0 Å². The molecule has 4 aliphatic rings. The van der Waals surface area contributed by atoms with E-state index in [0.29, 0.717) is 0 Å². The first-order chi connectivity index (χ1) is 26.4. The summed E-state index contributed by atoms with van der Waals surface area (Å²) in [4.78, 5) is 11.0. The molecule has 0 saturated carbocycles. The minimum atomic E-state index is -2.17. The third-order valence-electron chi connectivity index (χ3n) is 9.81. The van der Waals surface area contributed by atoms with Crippen LogP contribution in [0.5, 0.6) is 0 Å². The van der Waals surface area contributed by atoms with Gasteiger partial charge in [-0.15, -0.1) is 0 Å². The highest BCUT2D eigenvalue weighted by Crippen LogP contribution is 2.30. The molecule has 0 unspecified atom stereocenters. The first-order valence-corrected chi connectivity index (χ1v) is 17.4. The maximum atomic E-state index is 11.0. The van der Waals surface area contributed by atoms with Crippen LogP contribution in [-0.4, -0.2) is 273 Å². The number of hydrogen-bond acceptors (Lipinski definition) is 26. The highest BCUT2D eigenvalue weighted by atomic mass is 16.8. The summed E-state index contributed by atoms with van der Waals surface area (Å²) in [5.74, 6) is 0. The molecule has 0 amide bonds. The van der Waals surface area contributed by atoms with E-state index >= 15 is 0 Å². The smallest absolute Gasteiger partial charge is 0.187 e. The molecule has 4 saturated heterocycles. The summed E-state index contributed by atoms with van der Waals surface area (Å²) in [5.41, 5.74) is 0. The molecular weight excluding hydrogens is 776 g/mol. The van der Waals surface area contributed by atoms with Crippen LogP contribution in [0.4, 0.5) is 0 Å². The van der Waals surface area contributed by atoms with Crippen LogP contribution < -0.4 is 0 Å². The SMILES string of the molecule is O=C[C@H](O)[C@@H](O)[C@H](O[C@H]1O[C@H](CO[C@H]2O[C@H](CO[C@H]3O[C@H](CO[C@H]4O[C@H](CO)[C@@H](O)[C@H](O)[C@H]4O)[C@@H](O)[C@H](O)[C@H]3O)[C@@H](O)[C@H](O)[C@H]2O)[C@@H](O)[C@H](O)[C@H]1O)[C@H](O)CO. The molecule has 0 aromatic heterocycles. The first kappa shape index (κ1) is 47.3. The van der Waals surface area contributed by atoms with Crippen molar-refractivity contribution < 1.29 is 130 Å². The van der Waals surface area contributed by atoms with Crippen molar-refractivity contribution >= 4 is 6.29 Å². The Labute approximate surface area is 316 Å². The third-order valence-corrected chi connectivity index (χ3v) is 9.81. The molecule has 0 aliphatic carbocycles. The zero-order valence-electron chi connectivity index (χ0n) is 29.2. The molecule has 0 aromatic carbocycles. The molecule has 26 heteroatoms. The number of aliphatic hydroxyl groups excluding tert-OH is 17. The van der Waals surface area contributed by atoms with Crippen LogP contribution in [0.25, 0.3) is 0 Å². The highest BCUT2D eigenvalue weighted by Gasteiger charge is 2.51. The van der Waals surface area contributed by atoms with E-state index in [1.165, 1.54) is 0 Å². The van der Waals surface area contributed by atoms with Crippen molar-refractivity contribution in [1.82, 2.24) is 0 Å². The molecule has 4 aliphatic heterocycles. The van der Waals surface area contributed by atoms with Crippen LogP contribution in [0.3, 0.4) is 0 Å². The molecule has 4 fully saturated rings. The van der Waals surface area contributed by atoms with Gasteiger partial charge < -0.3 is 130 Å². The summed E-state index contributed by atoms with van der Waals surface area (Å²) in [6.45, 7) is -4.13. The summed E-state index contributed by atoms with van der Waals surface area (Å²) >= 11 is 0. The summed E-state index contributed by atoms with van der Waals surface area (Å²) < 4.78 is 43.2. The molecule has 0 spiro atoms. The van der Waals surface area contributed by atoms with Crippen molar-refractivity contribution in [2.24, 2.45) is 0 Å². The number of hydrogen-bond donors (Lipinski definition) is 17. The Balaban J connectivity index is 1.37. The highest BCUT2D eigenvalue weighted by molar-refractivity contribution is 5.56. The maximum absolute atomic E-state index is 11.0. The Bertz CT molecular complexity index is 1190. The van der Waals surface area contributed by atoms with E-state index in [9.17, 15) is 91.6 Å². The standard InChI is InChI=1S/C30H52O26/c31-1-7(34)13(36)26(8(35)2-32)56-30-25(48)21(44)17(40)12(55-30)6-51-29-24(47)20(43)16(39)11(54-29)5-50-28-23(46)19(42)15(38)10(53-28)4-49-27-22(45)18(41)14(37)9(3-33)52-27/h1,7-30,32-48H,2-6H2/t7-,8+,9+,10+,11+,12+,13+,14+,15+,16+,17+,18-,19-,20-,21-,22+,23+,24+,25+,26+,27-,28-,29-,30+/m0/s1. The predicted molar refractivity (Wildman–Crippen MR) is 168 cm³/mol. The van der Waals surface area contributed by atoms with Gasteiger partial charge in [0.2, 0.25) is 0 Å². The fraction of sp³-hybridized carbons (Fsp3) is 0.967. The van der Waals surface area contributed by atoms with Gasteiger partial charge in [0.05, 0.1) is 33.0 Å². The average Bonchev–Trinajstić information content (AvgIpc) is 3.19. The fourth-order valence-electron chi connectivity index (χ4n) is 6.26. The van der Waals surface area contributed by atoms with E-state index in [1.54, 1.807) is 0 Å². The molecule has 0 aromatic rings. The van der Waals surface area contributed by atoms with Crippen molar-refractivity contribution in [3.8, 4) is 0 Å². The molecule has 4 heterocycles. The van der Waals surface area contributed by atoms with E-state index in [-0.39, 0.29) is 6.29 Å². The van der Waals surface area contributed by atoms with Crippen molar-refractivity contribution in [3.63, 3.8) is 0 Å². The molecule has 56 heavy (non-hydrogen) atoms. The minimum absolute atomic E-state index is 0.112. The van der Waals surface area contributed by atoms with Crippen LogP contribution in [0.1, 0.15) is 0 Å². The van der Waals surface area contributed by atoms with Crippen LogP contribution in [0.2, 0.25) is 0 Å². The zero-order valence-corrected chi connectivity index (χ0v) is 29.2. The van der Waals surface area contributed by atoms with Gasteiger partial charge in [-0.25, -0.2) is 0 Å². The summed E-state index contributed by atoms with van der Waals surface area (Å²) in [6.07, 6.45) is -44.8. The molecule has 26 nitrogen and oxygen atoms in total. The lowest BCUT2D eigenvalue weighted by atomic mass is 9.97. The minimum Gasteiger partial charge on any atom is -0.394 e. The molecule has 0 radical (unpaired) electrons. The number of rotatable bonds is 17. The van der Waals surface area contributed by atoms with Gasteiger partial charge in [0.1, 0.15) is 122 Å². The quantitative estimate of drug-likeness (QED) is 0.0605. The summed E-state index contributed by atoms with van der Waals surface area (Å²) in [7, 11) is 0. The van der Waals surface area contributed by atoms with Crippen molar-refractivity contribution in [2.45, 2.75) is 147 Å². The Morgan fingerprint density at radius 3 is 1.12 bits per heavy atom. The maximum Gasteiger partial charge on any atom is 0.187 e. The van der Waals surface area contributed by atoms with Crippen LogP contribution in [-0.2, 0) is 42.7 Å².